The molecule has 182 valence electrons. The van der Waals surface area contributed by atoms with Gasteiger partial charge in [-0.15, -0.1) is 0 Å². The second-order valence-corrected chi connectivity index (χ2v) is 9.61. The Balaban J connectivity index is 1.24. The highest BCUT2D eigenvalue weighted by molar-refractivity contribution is 5.95. The number of nitrogens with zero attached hydrogens (tertiary/aromatic N) is 4. The summed E-state index contributed by atoms with van der Waals surface area (Å²) in [5.41, 5.74) is 2.42. The summed E-state index contributed by atoms with van der Waals surface area (Å²) in [5.74, 6) is 0.963. The molecule has 7 nitrogen and oxygen atoms in total. The van der Waals surface area contributed by atoms with E-state index in [9.17, 15) is 9.59 Å². The third-order valence-electron chi connectivity index (χ3n) is 7.25. The molecule has 3 aromatic rings. The quantitative estimate of drug-likeness (QED) is 0.537. The Morgan fingerprint density at radius 1 is 1.06 bits per heavy atom. The number of benzene rings is 2. The predicted molar refractivity (Wildman–Crippen MR) is 133 cm³/mol. The number of aryl methyl sites for hydroxylation is 1. The highest BCUT2D eigenvalue weighted by Gasteiger charge is 2.46. The number of hydrogen-bond acceptors (Lipinski definition) is 4. The first-order valence-corrected chi connectivity index (χ1v) is 12.4. The van der Waals surface area contributed by atoms with Gasteiger partial charge in [0.15, 0.2) is 0 Å². The monoisotopic (exact) mass is 472 g/mol. The van der Waals surface area contributed by atoms with Gasteiger partial charge in [0.05, 0.1) is 6.54 Å². The van der Waals surface area contributed by atoms with Crippen molar-refractivity contribution in [3.63, 3.8) is 0 Å². The second kappa shape index (κ2) is 9.94. The SMILES string of the molecule is Cc1nccn1Cc1ccccc1C(=O)N1CCC[C@@]2(CC1)CN(CCc1ccccc1)C(=O)O2. The van der Waals surface area contributed by atoms with Crippen LogP contribution in [-0.4, -0.2) is 63.1 Å². The number of ether oxygens (including phenoxy) is 1. The molecule has 0 saturated carbocycles. The molecule has 2 aromatic carbocycles. The molecular weight excluding hydrogens is 440 g/mol. The smallest absolute Gasteiger partial charge is 0.410 e. The summed E-state index contributed by atoms with van der Waals surface area (Å²) in [4.78, 5) is 34.3. The first kappa shape index (κ1) is 23.1. The van der Waals surface area contributed by atoms with Gasteiger partial charge in [-0.2, -0.15) is 0 Å². The van der Waals surface area contributed by atoms with Crippen LogP contribution in [0.2, 0.25) is 0 Å². The summed E-state index contributed by atoms with van der Waals surface area (Å²) in [6, 6.07) is 18.0. The number of amides is 2. The molecule has 0 bridgehead atoms. The van der Waals surface area contributed by atoms with E-state index in [-0.39, 0.29) is 12.0 Å². The Morgan fingerprint density at radius 3 is 2.66 bits per heavy atom. The van der Waals surface area contributed by atoms with Crippen molar-refractivity contribution in [1.82, 2.24) is 19.4 Å². The van der Waals surface area contributed by atoms with Crippen molar-refractivity contribution in [2.75, 3.05) is 26.2 Å². The van der Waals surface area contributed by atoms with Crippen molar-refractivity contribution < 1.29 is 14.3 Å². The van der Waals surface area contributed by atoms with Crippen LogP contribution in [0.15, 0.2) is 67.0 Å². The van der Waals surface area contributed by atoms with Gasteiger partial charge in [-0.3, -0.25) is 4.79 Å². The van der Waals surface area contributed by atoms with Crippen LogP contribution in [0.25, 0.3) is 0 Å². The van der Waals surface area contributed by atoms with Crippen molar-refractivity contribution in [2.45, 2.75) is 44.8 Å². The summed E-state index contributed by atoms with van der Waals surface area (Å²) in [6.45, 7) is 5.06. The van der Waals surface area contributed by atoms with E-state index < -0.39 is 5.60 Å². The minimum atomic E-state index is -0.504. The molecule has 0 radical (unpaired) electrons. The van der Waals surface area contributed by atoms with E-state index in [1.54, 1.807) is 6.20 Å². The molecular formula is C28H32N4O3. The molecule has 1 spiro atoms. The number of hydrogen-bond donors (Lipinski definition) is 0. The lowest BCUT2D eigenvalue weighted by Gasteiger charge is -2.26. The molecule has 35 heavy (non-hydrogen) atoms. The van der Waals surface area contributed by atoms with Gasteiger partial charge in [-0.25, -0.2) is 9.78 Å². The van der Waals surface area contributed by atoms with Crippen LogP contribution in [0.4, 0.5) is 4.79 Å². The second-order valence-electron chi connectivity index (χ2n) is 9.61. The number of aromatic nitrogens is 2. The van der Waals surface area contributed by atoms with Gasteiger partial charge in [0, 0.05) is 50.6 Å². The molecule has 2 amide bonds. The Bertz CT molecular complexity index is 1190. The first-order chi connectivity index (χ1) is 17.0. The third kappa shape index (κ3) is 5.09. The molecule has 2 aliphatic rings. The number of likely N-dealkylation sites (tertiary alicyclic amines) is 1. The average molecular weight is 473 g/mol. The van der Waals surface area contributed by atoms with Crippen molar-refractivity contribution in [3.05, 3.63) is 89.5 Å². The van der Waals surface area contributed by atoms with Gasteiger partial charge in [0.1, 0.15) is 11.4 Å². The van der Waals surface area contributed by atoms with Crippen molar-refractivity contribution in [1.29, 1.82) is 0 Å². The Labute approximate surface area is 206 Å². The van der Waals surface area contributed by atoms with Crippen molar-refractivity contribution in [3.8, 4) is 0 Å². The molecule has 2 saturated heterocycles. The first-order valence-electron chi connectivity index (χ1n) is 12.4. The fraction of sp³-hybridized carbons (Fsp3) is 0.393. The van der Waals surface area contributed by atoms with Crippen molar-refractivity contribution >= 4 is 12.0 Å². The Hall–Kier alpha value is -3.61. The highest BCUT2D eigenvalue weighted by atomic mass is 16.6. The topological polar surface area (TPSA) is 67.7 Å². The molecule has 0 unspecified atom stereocenters. The zero-order chi connectivity index (χ0) is 24.3. The zero-order valence-corrected chi connectivity index (χ0v) is 20.2. The van der Waals surface area contributed by atoms with Crippen LogP contribution >= 0.6 is 0 Å². The molecule has 0 N–H and O–H groups in total. The van der Waals surface area contributed by atoms with E-state index in [2.05, 4.69) is 17.1 Å². The molecule has 1 atom stereocenters. The maximum atomic E-state index is 13.6. The molecule has 7 heteroatoms. The van der Waals surface area contributed by atoms with Crippen LogP contribution in [0.3, 0.4) is 0 Å². The van der Waals surface area contributed by atoms with Gasteiger partial charge in [-0.1, -0.05) is 48.5 Å². The average Bonchev–Trinajstić information content (AvgIpc) is 3.34. The molecule has 2 aliphatic heterocycles. The summed E-state index contributed by atoms with van der Waals surface area (Å²) in [7, 11) is 0. The maximum Gasteiger partial charge on any atom is 0.410 e. The summed E-state index contributed by atoms with van der Waals surface area (Å²) in [5, 5.41) is 0. The normalized spacial score (nSPS) is 20.2. The van der Waals surface area contributed by atoms with Crippen LogP contribution in [0.1, 0.15) is 46.6 Å². The van der Waals surface area contributed by atoms with E-state index in [4.69, 9.17) is 4.74 Å². The minimum Gasteiger partial charge on any atom is -0.441 e. The predicted octanol–water partition coefficient (Wildman–Crippen LogP) is 4.30. The van der Waals surface area contributed by atoms with E-state index >= 15 is 0 Å². The standard InChI is InChI=1S/C28H32N4O3/c1-22-29-15-19-31(22)20-24-10-5-6-11-25(24)26(33)30-16-7-13-28(14-18-30)21-32(27(34)35-28)17-12-23-8-3-2-4-9-23/h2-6,8-11,15,19H,7,12-14,16-18,20-21H2,1H3/t28-/m1/s1. The Kier molecular flexibility index (Phi) is 6.57. The van der Waals surface area contributed by atoms with Gasteiger partial charge in [-0.05, 0) is 43.4 Å². The molecule has 5 rings (SSSR count). The summed E-state index contributed by atoms with van der Waals surface area (Å²) in [6.07, 6.45) is 6.54. The van der Waals surface area contributed by atoms with Crippen LogP contribution in [-0.2, 0) is 17.7 Å². The van der Waals surface area contributed by atoms with Gasteiger partial charge in [0.25, 0.3) is 5.91 Å². The summed E-state index contributed by atoms with van der Waals surface area (Å²) < 4.78 is 8.00. The molecule has 2 fully saturated rings. The van der Waals surface area contributed by atoms with Crippen LogP contribution < -0.4 is 0 Å². The maximum absolute atomic E-state index is 13.6. The largest absolute Gasteiger partial charge is 0.441 e. The Morgan fingerprint density at radius 2 is 1.86 bits per heavy atom. The number of carbonyl (C=O) groups excluding carboxylic acids is 2. The highest BCUT2D eigenvalue weighted by Crippen LogP contribution is 2.34. The molecule has 1 aromatic heterocycles. The van der Waals surface area contributed by atoms with Gasteiger partial charge >= 0.3 is 6.09 Å². The third-order valence-corrected chi connectivity index (χ3v) is 7.25. The minimum absolute atomic E-state index is 0.0423. The van der Waals surface area contributed by atoms with Gasteiger partial charge in [0.2, 0.25) is 0 Å². The van der Waals surface area contributed by atoms with E-state index in [1.165, 1.54) is 5.56 Å². The van der Waals surface area contributed by atoms with Gasteiger partial charge < -0.3 is 19.1 Å². The van der Waals surface area contributed by atoms with E-state index in [1.807, 2.05) is 70.0 Å². The van der Waals surface area contributed by atoms with Crippen LogP contribution in [0.5, 0.6) is 0 Å². The van der Waals surface area contributed by atoms with Crippen LogP contribution in [0, 0.1) is 6.92 Å². The number of imidazole rings is 1. The lowest BCUT2D eigenvalue weighted by molar-refractivity contribution is 0.0438. The number of carbonyl (C=O) groups is 2. The lowest BCUT2D eigenvalue weighted by atomic mass is 9.95. The molecule has 0 aliphatic carbocycles. The number of rotatable bonds is 6. The fourth-order valence-corrected chi connectivity index (χ4v) is 5.20. The zero-order valence-electron chi connectivity index (χ0n) is 20.2. The molecule has 3 heterocycles. The lowest BCUT2D eigenvalue weighted by Crippen LogP contribution is -2.37. The fourth-order valence-electron chi connectivity index (χ4n) is 5.20. The van der Waals surface area contributed by atoms with E-state index in [0.29, 0.717) is 39.1 Å². The summed E-state index contributed by atoms with van der Waals surface area (Å²) >= 11 is 0. The van der Waals surface area contributed by atoms with E-state index in [0.717, 1.165) is 36.2 Å². The van der Waals surface area contributed by atoms with Crippen molar-refractivity contribution in [2.24, 2.45) is 0 Å².